The molecule has 2 N–H and O–H groups in total. The lowest BCUT2D eigenvalue weighted by Gasteiger charge is -2.26. The van der Waals surface area contributed by atoms with Crippen molar-refractivity contribution in [2.75, 3.05) is 24.5 Å². The van der Waals surface area contributed by atoms with Crippen molar-refractivity contribution in [1.29, 1.82) is 0 Å². The molecule has 0 aromatic heterocycles. The van der Waals surface area contributed by atoms with Crippen molar-refractivity contribution in [3.63, 3.8) is 0 Å². The molecule has 108 valence electrons. The standard InChI is InChI=1S/C13H18BrF3N2/c1-2-7-19(9-13(15,16)17)12-4-3-10(5-6-18)8-11(12)14/h3-4,8H,2,5-7,9,18H2,1H3. The van der Waals surface area contributed by atoms with Gasteiger partial charge in [0, 0.05) is 11.0 Å². The molecule has 0 saturated carbocycles. The number of hydrogen-bond donors (Lipinski definition) is 1. The first-order valence-corrected chi connectivity index (χ1v) is 6.97. The lowest BCUT2D eigenvalue weighted by atomic mass is 10.1. The molecule has 0 heterocycles. The molecule has 0 aliphatic heterocycles. The second-order valence-electron chi connectivity index (χ2n) is 4.36. The van der Waals surface area contributed by atoms with E-state index in [-0.39, 0.29) is 0 Å². The van der Waals surface area contributed by atoms with Gasteiger partial charge in [0.05, 0.1) is 5.69 Å². The summed E-state index contributed by atoms with van der Waals surface area (Å²) in [6.45, 7) is 1.82. The van der Waals surface area contributed by atoms with Crippen molar-refractivity contribution < 1.29 is 13.2 Å². The fraction of sp³-hybridized carbons (Fsp3) is 0.538. The van der Waals surface area contributed by atoms with E-state index in [0.29, 0.717) is 36.1 Å². The van der Waals surface area contributed by atoms with Crippen LogP contribution in [0.4, 0.5) is 18.9 Å². The van der Waals surface area contributed by atoms with Crippen molar-refractivity contribution in [1.82, 2.24) is 0 Å². The minimum atomic E-state index is -4.20. The molecular weight excluding hydrogens is 321 g/mol. The zero-order valence-electron chi connectivity index (χ0n) is 10.8. The molecule has 1 rings (SSSR count). The van der Waals surface area contributed by atoms with Crippen LogP contribution in [0.15, 0.2) is 22.7 Å². The Balaban J connectivity index is 2.95. The van der Waals surface area contributed by atoms with Gasteiger partial charge in [-0.1, -0.05) is 13.0 Å². The Morgan fingerprint density at radius 1 is 1.32 bits per heavy atom. The molecule has 0 radical (unpaired) electrons. The molecule has 0 spiro atoms. The summed E-state index contributed by atoms with van der Waals surface area (Å²) in [5.74, 6) is 0. The SMILES string of the molecule is CCCN(CC(F)(F)F)c1ccc(CCN)cc1Br. The summed E-state index contributed by atoms with van der Waals surface area (Å²) >= 11 is 3.35. The largest absolute Gasteiger partial charge is 0.405 e. The fourth-order valence-electron chi connectivity index (χ4n) is 1.90. The first kappa shape index (κ1) is 16.3. The van der Waals surface area contributed by atoms with Crippen LogP contribution >= 0.6 is 15.9 Å². The zero-order chi connectivity index (χ0) is 14.5. The summed E-state index contributed by atoms with van der Waals surface area (Å²) in [6.07, 6.45) is -2.83. The Morgan fingerprint density at radius 2 is 2.00 bits per heavy atom. The second-order valence-corrected chi connectivity index (χ2v) is 5.22. The van der Waals surface area contributed by atoms with E-state index in [9.17, 15) is 13.2 Å². The number of alkyl halides is 3. The molecule has 0 amide bonds. The molecule has 1 aromatic carbocycles. The lowest BCUT2D eigenvalue weighted by molar-refractivity contribution is -0.119. The van der Waals surface area contributed by atoms with E-state index in [1.54, 1.807) is 6.07 Å². The minimum Gasteiger partial charge on any atom is -0.362 e. The van der Waals surface area contributed by atoms with E-state index in [0.717, 1.165) is 5.56 Å². The Labute approximate surface area is 119 Å². The van der Waals surface area contributed by atoms with Crippen LogP contribution in [0.2, 0.25) is 0 Å². The summed E-state index contributed by atoms with van der Waals surface area (Å²) in [7, 11) is 0. The predicted octanol–water partition coefficient (Wildman–Crippen LogP) is 3.73. The van der Waals surface area contributed by atoms with Crippen molar-refractivity contribution >= 4 is 21.6 Å². The van der Waals surface area contributed by atoms with Crippen LogP contribution in [0.25, 0.3) is 0 Å². The average Bonchev–Trinajstić information content (AvgIpc) is 2.27. The monoisotopic (exact) mass is 338 g/mol. The zero-order valence-corrected chi connectivity index (χ0v) is 12.4. The first-order chi connectivity index (χ1) is 8.87. The van der Waals surface area contributed by atoms with Gasteiger partial charge in [-0.2, -0.15) is 13.2 Å². The Hall–Kier alpha value is -0.750. The van der Waals surface area contributed by atoms with E-state index < -0.39 is 12.7 Å². The molecule has 0 atom stereocenters. The van der Waals surface area contributed by atoms with Crippen molar-refractivity contribution in [2.45, 2.75) is 25.9 Å². The van der Waals surface area contributed by atoms with Crippen LogP contribution < -0.4 is 10.6 Å². The van der Waals surface area contributed by atoms with Gasteiger partial charge in [0.2, 0.25) is 0 Å². The van der Waals surface area contributed by atoms with Gasteiger partial charge in [0.15, 0.2) is 0 Å². The van der Waals surface area contributed by atoms with Crippen molar-refractivity contribution in [3.05, 3.63) is 28.2 Å². The van der Waals surface area contributed by atoms with Gasteiger partial charge in [-0.05, 0) is 53.0 Å². The van der Waals surface area contributed by atoms with Crippen LogP contribution in [0.5, 0.6) is 0 Å². The third-order valence-corrected chi connectivity index (χ3v) is 3.28. The third kappa shape index (κ3) is 5.40. The number of rotatable bonds is 6. The van der Waals surface area contributed by atoms with E-state index in [2.05, 4.69) is 15.9 Å². The Bertz CT molecular complexity index is 407. The van der Waals surface area contributed by atoms with E-state index in [4.69, 9.17) is 5.73 Å². The van der Waals surface area contributed by atoms with Crippen LogP contribution in [0, 0.1) is 0 Å². The molecule has 0 aliphatic carbocycles. The summed E-state index contributed by atoms with van der Waals surface area (Å²) < 4.78 is 38.4. The van der Waals surface area contributed by atoms with Gasteiger partial charge in [0.25, 0.3) is 0 Å². The Kier molecular flexibility index (Phi) is 6.13. The number of nitrogens with zero attached hydrogens (tertiary/aromatic N) is 1. The number of benzene rings is 1. The van der Waals surface area contributed by atoms with E-state index in [1.165, 1.54) is 4.90 Å². The highest BCUT2D eigenvalue weighted by Crippen LogP contribution is 2.30. The first-order valence-electron chi connectivity index (χ1n) is 6.17. The maximum absolute atomic E-state index is 12.6. The number of halogens is 4. The number of anilines is 1. The minimum absolute atomic E-state index is 0.369. The smallest absolute Gasteiger partial charge is 0.362 e. The highest BCUT2D eigenvalue weighted by Gasteiger charge is 2.31. The maximum atomic E-state index is 12.6. The van der Waals surface area contributed by atoms with Gasteiger partial charge < -0.3 is 10.6 Å². The molecule has 0 bridgehead atoms. The topological polar surface area (TPSA) is 29.3 Å². The molecule has 2 nitrogen and oxygen atoms in total. The van der Waals surface area contributed by atoms with Crippen LogP contribution in [-0.4, -0.2) is 25.8 Å². The normalized spacial score (nSPS) is 11.7. The summed E-state index contributed by atoms with van der Waals surface area (Å²) in [5.41, 5.74) is 7.05. The van der Waals surface area contributed by atoms with Gasteiger partial charge in [-0.3, -0.25) is 0 Å². The predicted molar refractivity (Wildman–Crippen MR) is 75.5 cm³/mol. The average molecular weight is 339 g/mol. The molecule has 0 fully saturated rings. The van der Waals surface area contributed by atoms with Crippen LogP contribution in [0.3, 0.4) is 0 Å². The molecular formula is C13H18BrF3N2. The highest BCUT2D eigenvalue weighted by molar-refractivity contribution is 9.10. The number of nitrogens with two attached hydrogens (primary N) is 1. The molecule has 0 aliphatic rings. The summed E-state index contributed by atoms with van der Waals surface area (Å²) in [4.78, 5) is 1.34. The number of hydrogen-bond acceptors (Lipinski definition) is 2. The van der Waals surface area contributed by atoms with Crippen LogP contribution in [-0.2, 0) is 6.42 Å². The highest BCUT2D eigenvalue weighted by atomic mass is 79.9. The molecule has 0 saturated heterocycles. The quantitative estimate of drug-likeness (QED) is 0.856. The van der Waals surface area contributed by atoms with Crippen molar-refractivity contribution in [3.8, 4) is 0 Å². The maximum Gasteiger partial charge on any atom is 0.405 e. The molecule has 6 heteroatoms. The van der Waals surface area contributed by atoms with Gasteiger partial charge in [0.1, 0.15) is 6.54 Å². The Morgan fingerprint density at radius 3 is 2.47 bits per heavy atom. The third-order valence-electron chi connectivity index (χ3n) is 2.65. The van der Waals surface area contributed by atoms with Gasteiger partial charge in [-0.25, -0.2) is 0 Å². The molecule has 19 heavy (non-hydrogen) atoms. The van der Waals surface area contributed by atoms with E-state index >= 15 is 0 Å². The van der Waals surface area contributed by atoms with Gasteiger partial charge in [-0.15, -0.1) is 0 Å². The van der Waals surface area contributed by atoms with Gasteiger partial charge >= 0.3 is 6.18 Å². The molecule has 1 aromatic rings. The fourth-order valence-corrected chi connectivity index (χ4v) is 2.58. The second kappa shape index (κ2) is 7.14. The lowest BCUT2D eigenvalue weighted by Crippen LogP contribution is -2.35. The summed E-state index contributed by atoms with van der Waals surface area (Å²) in [6, 6.07) is 5.38. The molecule has 0 unspecified atom stereocenters. The van der Waals surface area contributed by atoms with E-state index in [1.807, 2.05) is 19.1 Å². The van der Waals surface area contributed by atoms with Crippen LogP contribution in [0.1, 0.15) is 18.9 Å². The summed E-state index contributed by atoms with van der Waals surface area (Å²) in [5, 5.41) is 0. The van der Waals surface area contributed by atoms with Crippen molar-refractivity contribution in [2.24, 2.45) is 5.73 Å².